The zero-order valence-electron chi connectivity index (χ0n) is 20.2. The fourth-order valence-corrected chi connectivity index (χ4v) is 6.10. The van der Waals surface area contributed by atoms with Crippen LogP contribution in [0.15, 0.2) is 120 Å². The molecule has 0 bridgehead atoms. The van der Waals surface area contributed by atoms with Gasteiger partial charge in [0.25, 0.3) is 11.8 Å². The van der Waals surface area contributed by atoms with Gasteiger partial charge >= 0.3 is 0 Å². The van der Waals surface area contributed by atoms with Gasteiger partial charge in [0.05, 0.1) is 22.5 Å². The van der Waals surface area contributed by atoms with Crippen molar-refractivity contribution in [3.05, 3.63) is 131 Å². The normalized spacial score (nSPS) is 15.2. The molecule has 178 valence electrons. The van der Waals surface area contributed by atoms with Crippen molar-refractivity contribution < 1.29 is 9.59 Å². The molecular weight excluding hydrogens is 468 g/mol. The van der Waals surface area contributed by atoms with Crippen LogP contribution in [0.25, 0.3) is 54.5 Å². The third kappa shape index (κ3) is 2.80. The monoisotopic (exact) mass is 488 g/mol. The average molecular weight is 489 g/mol. The summed E-state index contributed by atoms with van der Waals surface area (Å²) >= 11 is 0. The highest BCUT2D eigenvalue weighted by Crippen LogP contribution is 2.41. The van der Waals surface area contributed by atoms with E-state index in [9.17, 15) is 9.59 Å². The molecule has 2 aliphatic rings. The lowest BCUT2D eigenvalue weighted by molar-refractivity contribution is -0.117. The van der Waals surface area contributed by atoms with Gasteiger partial charge in [-0.1, -0.05) is 109 Å². The fraction of sp³-hybridized carbons (Fsp3) is 0. The van der Waals surface area contributed by atoms with Crippen LogP contribution >= 0.6 is 0 Å². The van der Waals surface area contributed by atoms with Crippen molar-refractivity contribution in [1.82, 2.24) is 10.6 Å². The number of fused-ring (bicyclic) bond motifs is 7. The lowest BCUT2D eigenvalue weighted by Gasteiger charge is -2.12. The van der Waals surface area contributed by atoms with Crippen molar-refractivity contribution in [2.75, 3.05) is 0 Å². The molecule has 0 atom stereocenters. The molecule has 4 nitrogen and oxygen atoms in total. The number of carbonyl (C=O) groups excluding carboxylic acids is 2. The van der Waals surface area contributed by atoms with Gasteiger partial charge < -0.3 is 10.6 Å². The van der Waals surface area contributed by atoms with E-state index in [1.165, 1.54) is 0 Å². The summed E-state index contributed by atoms with van der Waals surface area (Å²) < 4.78 is 0. The summed E-state index contributed by atoms with van der Waals surface area (Å²) in [6, 6.07) is 36.9. The highest BCUT2D eigenvalue weighted by molar-refractivity contribution is 6.32. The minimum atomic E-state index is -0.265. The molecule has 0 fully saturated rings. The molecule has 2 amide bonds. The van der Waals surface area contributed by atoms with Crippen LogP contribution in [0.4, 0.5) is 0 Å². The quantitative estimate of drug-likeness (QED) is 0.267. The molecule has 38 heavy (non-hydrogen) atoms. The molecular formula is C34H20N2O2. The number of nitrogens with one attached hydrogen (secondary N) is 2. The van der Waals surface area contributed by atoms with E-state index in [1.807, 2.05) is 48.5 Å². The van der Waals surface area contributed by atoms with Gasteiger partial charge in [-0.25, -0.2) is 0 Å². The molecule has 2 N–H and O–H groups in total. The van der Waals surface area contributed by atoms with Crippen molar-refractivity contribution in [3.8, 4) is 0 Å². The Morgan fingerprint density at radius 2 is 0.789 bits per heavy atom. The molecule has 0 unspecified atom stereocenters. The van der Waals surface area contributed by atoms with Crippen LogP contribution in [0.2, 0.25) is 0 Å². The molecule has 0 spiro atoms. The SMILES string of the molecule is O=C1NC(c2cccc3c2ccc2ccccc23)=C2C(=O)NC(c3cccc4c3ccc3ccccc34)=C12. The topological polar surface area (TPSA) is 58.2 Å². The summed E-state index contributed by atoms with van der Waals surface area (Å²) in [5, 5.41) is 14.8. The van der Waals surface area contributed by atoms with Crippen LogP contribution in [0.1, 0.15) is 11.1 Å². The zero-order valence-corrected chi connectivity index (χ0v) is 20.2. The molecule has 0 aliphatic carbocycles. The number of carbonyl (C=O) groups is 2. The van der Waals surface area contributed by atoms with Crippen molar-refractivity contribution >= 4 is 66.3 Å². The minimum Gasteiger partial charge on any atom is -0.321 e. The molecule has 6 aromatic carbocycles. The Bertz CT molecular complexity index is 1960. The molecule has 0 radical (unpaired) electrons. The van der Waals surface area contributed by atoms with Gasteiger partial charge in [-0.3, -0.25) is 9.59 Å². The second-order valence-corrected chi connectivity index (χ2v) is 9.78. The Hall–Kier alpha value is -5.22. The fourth-order valence-electron chi connectivity index (χ4n) is 6.10. The maximum Gasteiger partial charge on any atom is 0.258 e. The summed E-state index contributed by atoms with van der Waals surface area (Å²) in [5.41, 5.74) is 3.61. The second kappa shape index (κ2) is 7.64. The predicted molar refractivity (Wildman–Crippen MR) is 153 cm³/mol. The zero-order chi connectivity index (χ0) is 25.4. The van der Waals surface area contributed by atoms with Gasteiger partial charge in [0, 0.05) is 11.1 Å². The van der Waals surface area contributed by atoms with E-state index in [4.69, 9.17) is 0 Å². The Labute approximate surface area is 217 Å². The summed E-state index contributed by atoms with van der Waals surface area (Å²) in [7, 11) is 0. The minimum absolute atomic E-state index is 0.265. The first-order valence-corrected chi connectivity index (χ1v) is 12.6. The van der Waals surface area contributed by atoms with Crippen LogP contribution in [-0.2, 0) is 9.59 Å². The van der Waals surface area contributed by atoms with E-state index in [1.54, 1.807) is 0 Å². The molecule has 0 saturated carbocycles. The average Bonchev–Trinajstić information content (AvgIpc) is 3.49. The molecule has 4 heteroatoms. The van der Waals surface area contributed by atoms with Crippen LogP contribution in [0.3, 0.4) is 0 Å². The Morgan fingerprint density at radius 3 is 1.26 bits per heavy atom. The Balaban J connectivity index is 1.38. The van der Waals surface area contributed by atoms with E-state index in [-0.39, 0.29) is 11.8 Å². The maximum atomic E-state index is 13.5. The Morgan fingerprint density at radius 1 is 0.368 bits per heavy atom. The number of hydrogen-bond acceptors (Lipinski definition) is 2. The third-order valence-electron chi connectivity index (χ3n) is 7.79. The molecule has 2 aliphatic heterocycles. The van der Waals surface area contributed by atoms with Crippen molar-refractivity contribution in [2.24, 2.45) is 0 Å². The highest BCUT2D eigenvalue weighted by atomic mass is 16.2. The van der Waals surface area contributed by atoms with E-state index in [2.05, 4.69) is 71.3 Å². The van der Waals surface area contributed by atoms with E-state index >= 15 is 0 Å². The number of amides is 2. The third-order valence-corrected chi connectivity index (χ3v) is 7.79. The molecule has 0 aromatic heterocycles. The summed E-state index contributed by atoms with van der Waals surface area (Å²) in [4.78, 5) is 26.9. The molecule has 2 heterocycles. The van der Waals surface area contributed by atoms with Crippen molar-refractivity contribution in [2.45, 2.75) is 0 Å². The van der Waals surface area contributed by atoms with Crippen LogP contribution in [0.5, 0.6) is 0 Å². The van der Waals surface area contributed by atoms with Gasteiger partial charge in [-0.15, -0.1) is 0 Å². The van der Waals surface area contributed by atoms with Gasteiger partial charge in [-0.05, 0) is 43.1 Å². The van der Waals surface area contributed by atoms with Gasteiger partial charge in [0.1, 0.15) is 0 Å². The van der Waals surface area contributed by atoms with Gasteiger partial charge in [0.15, 0.2) is 0 Å². The van der Waals surface area contributed by atoms with E-state index < -0.39 is 0 Å². The van der Waals surface area contributed by atoms with Crippen molar-refractivity contribution in [1.29, 1.82) is 0 Å². The largest absolute Gasteiger partial charge is 0.321 e. The summed E-state index contributed by atoms with van der Waals surface area (Å²) in [6.07, 6.45) is 0. The molecule has 6 aromatic rings. The lowest BCUT2D eigenvalue weighted by Crippen LogP contribution is -2.21. The van der Waals surface area contributed by atoms with E-state index in [0.717, 1.165) is 54.2 Å². The summed E-state index contributed by atoms with van der Waals surface area (Å²) in [6.45, 7) is 0. The smallest absolute Gasteiger partial charge is 0.258 e. The second-order valence-electron chi connectivity index (χ2n) is 9.78. The van der Waals surface area contributed by atoms with Gasteiger partial charge in [-0.2, -0.15) is 0 Å². The maximum absolute atomic E-state index is 13.5. The molecule has 8 rings (SSSR count). The standard InChI is InChI=1S/C34H20N2O2/c37-33-29-30(32(36-33)28-14-6-12-24-22-10-4-2-8-20(22)16-18-26(24)28)34(38)35-31(29)27-13-5-11-23-21-9-3-1-7-19(21)15-17-25(23)27/h1-18H,(H,35,38)(H,36,37). The van der Waals surface area contributed by atoms with E-state index in [0.29, 0.717) is 22.5 Å². The van der Waals surface area contributed by atoms with Crippen LogP contribution in [0, 0.1) is 0 Å². The summed E-state index contributed by atoms with van der Waals surface area (Å²) in [5.74, 6) is -0.530. The number of rotatable bonds is 2. The Kier molecular flexibility index (Phi) is 4.21. The first kappa shape index (κ1) is 20.9. The van der Waals surface area contributed by atoms with Crippen molar-refractivity contribution in [3.63, 3.8) is 0 Å². The molecule has 0 saturated heterocycles. The lowest BCUT2D eigenvalue weighted by atomic mass is 9.94. The predicted octanol–water partition coefficient (Wildman–Crippen LogP) is 6.68. The first-order valence-electron chi connectivity index (χ1n) is 12.6. The van der Waals surface area contributed by atoms with Crippen LogP contribution in [-0.4, -0.2) is 11.8 Å². The highest BCUT2D eigenvalue weighted by Gasteiger charge is 2.41. The number of benzene rings is 6. The van der Waals surface area contributed by atoms with Gasteiger partial charge in [0.2, 0.25) is 0 Å². The van der Waals surface area contributed by atoms with Crippen LogP contribution < -0.4 is 10.6 Å². The first-order chi connectivity index (χ1) is 18.7. The number of hydrogen-bond donors (Lipinski definition) is 2.